The van der Waals surface area contributed by atoms with Gasteiger partial charge in [0.15, 0.2) is 0 Å². The second-order valence-corrected chi connectivity index (χ2v) is 7.13. The largest absolute Gasteiger partial charge is 0.339 e. The van der Waals surface area contributed by atoms with Gasteiger partial charge in [0, 0.05) is 24.3 Å². The molecule has 0 bridgehead atoms. The van der Waals surface area contributed by atoms with E-state index in [0.717, 1.165) is 50.3 Å². The zero-order chi connectivity index (χ0) is 18.7. The third kappa shape index (κ3) is 4.87. The highest BCUT2D eigenvalue weighted by molar-refractivity contribution is 5.94. The normalized spacial score (nSPS) is 14.9. The Morgan fingerprint density at radius 1 is 1.26 bits per heavy atom. The minimum Gasteiger partial charge on any atom is -0.339 e. The van der Waals surface area contributed by atoms with E-state index >= 15 is 0 Å². The number of carbonyl (C=O) groups excluding carboxylic acids is 1. The molecule has 1 aromatic heterocycles. The number of benzene rings is 1. The standard InChI is InChI=1S/C20H27FN4O.ClH/c1-14-12-15(2)25(23-14)19-5-4-17(13-18(19)21)20(26)24-10-7-16(8-11-24)6-9-22-3;/h4-5,12-13,16,22H,6-11H2,1-3H3;1H. The van der Waals surface area contributed by atoms with Crippen LogP contribution in [0, 0.1) is 25.6 Å². The molecule has 0 atom stereocenters. The number of nitrogens with zero attached hydrogens (tertiary/aromatic N) is 3. The fraction of sp³-hybridized carbons (Fsp3) is 0.500. The van der Waals surface area contributed by atoms with Crippen LogP contribution in [0.5, 0.6) is 0 Å². The van der Waals surface area contributed by atoms with Gasteiger partial charge in [0.1, 0.15) is 11.5 Å². The van der Waals surface area contributed by atoms with E-state index in [0.29, 0.717) is 17.2 Å². The zero-order valence-corrected chi connectivity index (χ0v) is 17.0. The maximum atomic E-state index is 14.6. The average molecular weight is 395 g/mol. The van der Waals surface area contributed by atoms with Crippen LogP contribution in [0.15, 0.2) is 24.3 Å². The van der Waals surface area contributed by atoms with Crippen molar-refractivity contribution in [1.82, 2.24) is 20.0 Å². The van der Waals surface area contributed by atoms with Crippen LogP contribution in [-0.4, -0.2) is 47.3 Å². The molecule has 0 aliphatic carbocycles. The van der Waals surface area contributed by atoms with Crippen LogP contribution in [0.4, 0.5) is 4.39 Å². The number of hydrogen-bond donors (Lipinski definition) is 1. The van der Waals surface area contributed by atoms with Crippen molar-refractivity contribution in [2.75, 3.05) is 26.7 Å². The first-order valence-electron chi connectivity index (χ1n) is 9.26. The van der Waals surface area contributed by atoms with E-state index in [1.165, 1.54) is 6.07 Å². The summed E-state index contributed by atoms with van der Waals surface area (Å²) < 4.78 is 16.2. The van der Waals surface area contributed by atoms with Crippen molar-refractivity contribution in [3.05, 3.63) is 47.0 Å². The Morgan fingerprint density at radius 3 is 2.52 bits per heavy atom. The van der Waals surface area contributed by atoms with Gasteiger partial charge in [-0.3, -0.25) is 4.79 Å². The summed E-state index contributed by atoms with van der Waals surface area (Å²) in [6.45, 7) is 6.26. The maximum absolute atomic E-state index is 14.6. The Bertz CT molecular complexity index is 784. The second kappa shape index (κ2) is 9.33. The Morgan fingerprint density at radius 2 is 1.96 bits per heavy atom. The van der Waals surface area contributed by atoms with Crippen molar-refractivity contribution < 1.29 is 9.18 Å². The smallest absolute Gasteiger partial charge is 0.253 e. The molecule has 1 aliphatic rings. The van der Waals surface area contributed by atoms with E-state index in [1.54, 1.807) is 16.8 Å². The summed E-state index contributed by atoms with van der Waals surface area (Å²) in [5.41, 5.74) is 2.48. The summed E-state index contributed by atoms with van der Waals surface area (Å²) in [6.07, 6.45) is 3.17. The molecule has 3 rings (SSSR count). The van der Waals surface area contributed by atoms with Gasteiger partial charge in [-0.05, 0) is 76.9 Å². The minimum atomic E-state index is -0.425. The van der Waals surface area contributed by atoms with E-state index in [1.807, 2.05) is 31.9 Å². The SMILES string of the molecule is CNCCC1CCN(C(=O)c2ccc(-n3nc(C)cc3C)c(F)c2)CC1.Cl. The minimum absolute atomic E-state index is 0. The van der Waals surface area contributed by atoms with Crippen LogP contribution >= 0.6 is 12.4 Å². The number of nitrogens with one attached hydrogen (secondary N) is 1. The molecule has 7 heteroatoms. The molecule has 0 radical (unpaired) electrons. The van der Waals surface area contributed by atoms with Gasteiger partial charge in [-0.25, -0.2) is 9.07 Å². The van der Waals surface area contributed by atoms with Gasteiger partial charge in [0.05, 0.1) is 5.69 Å². The lowest BCUT2D eigenvalue weighted by atomic mass is 9.93. The predicted molar refractivity (Wildman–Crippen MR) is 107 cm³/mol. The van der Waals surface area contributed by atoms with Crippen molar-refractivity contribution in [2.24, 2.45) is 5.92 Å². The fourth-order valence-electron chi connectivity index (χ4n) is 3.64. The second-order valence-electron chi connectivity index (χ2n) is 7.13. The van der Waals surface area contributed by atoms with Gasteiger partial charge in [0.25, 0.3) is 5.91 Å². The van der Waals surface area contributed by atoms with E-state index < -0.39 is 5.82 Å². The van der Waals surface area contributed by atoms with Crippen molar-refractivity contribution in [3.8, 4) is 5.69 Å². The highest BCUT2D eigenvalue weighted by Crippen LogP contribution is 2.23. The van der Waals surface area contributed by atoms with Gasteiger partial charge in [-0.15, -0.1) is 12.4 Å². The number of likely N-dealkylation sites (tertiary alicyclic amines) is 1. The number of aryl methyl sites for hydroxylation is 2. The van der Waals surface area contributed by atoms with Gasteiger partial charge in [-0.1, -0.05) is 0 Å². The molecule has 1 fully saturated rings. The molecule has 2 aromatic rings. The van der Waals surface area contributed by atoms with Crippen LogP contribution in [0.1, 0.15) is 41.0 Å². The van der Waals surface area contributed by atoms with Crippen LogP contribution in [0.25, 0.3) is 5.69 Å². The summed E-state index contributed by atoms with van der Waals surface area (Å²) in [4.78, 5) is 14.6. The number of piperidine rings is 1. The number of carbonyl (C=O) groups is 1. The van der Waals surface area contributed by atoms with E-state index in [-0.39, 0.29) is 18.3 Å². The molecule has 1 amide bonds. The highest BCUT2D eigenvalue weighted by atomic mass is 35.5. The third-order valence-electron chi connectivity index (χ3n) is 5.14. The summed E-state index contributed by atoms with van der Waals surface area (Å²) in [5, 5.41) is 7.49. The number of halogens is 2. The molecule has 27 heavy (non-hydrogen) atoms. The van der Waals surface area contributed by atoms with Crippen molar-refractivity contribution in [3.63, 3.8) is 0 Å². The Kier molecular flexibility index (Phi) is 7.39. The van der Waals surface area contributed by atoms with Crippen LogP contribution in [0.2, 0.25) is 0 Å². The van der Waals surface area contributed by atoms with Gasteiger partial charge in [-0.2, -0.15) is 5.10 Å². The molecule has 1 N–H and O–H groups in total. The summed E-state index contributed by atoms with van der Waals surface area (Å²) in [6, 6.07) is 6.57. The molecular formula is C20H28ClFN4O. The molecule has 0 unspecified atom stereocenters. The Balaban J connectivity index is 0.00000261. The molecule has 0 spiro atoms. The van der Waals surface area contributed by atoms with Crippen LogP contribution < -0.4 is 5.32 Å². The Hall–Kier alpha value is -1.92. The highest BCUT2D eigenvalue weighted by Gasteiger charge is 2.24. The predicted octanol–water partition coefficient (Wildman–Crippen LogP) is 3.51. The Labute approximate surface area is 166 Å². The first-order valence-corrected chi connectivity index (χ1v) is 9.26. The lowest BCUT2D eigenvalue weighted by Crippen LogP contribution is -2.39. The molecule has 1 aliphatic heterocycles. The molecule has 1 saturated heterocycles. The average Bonchev–Trinajstić information content (AvgIpc) is 2.97. The molecule has 148 valence electrons. The molecule has 2 heterocycles. The topological polar surface area (TPSA) is 50.2 Å². The maximum Gasteiger partial charge on any atom is 0.253 e. The quantitative estimate of drug-likeness (QED) is 0.844. The molecule has 5 nitrogen and oxygen atoms in total. The molecular weight excluding hydrogens is 367 g/mol. The lowest BCUT2D eigenvalue weighted by molar-refractivity contribution is 0.0686. The van der Waals surface area contributed by atoms with Gasteiger partial charge < -0.3 is 10.2 Å². The zero-order valence-electron chi connectivity index (χ0n) is 16.2. The number of hydrogen-bond acceptors (Lipinski definition) is 3. The number of rotatable bonds is 5. The lowest BCUT2D eigenvalue weighted by Gasteiger charge is -2.32. The third-order valence-corrected chi connectivity index (χ3v) is 5.14. The van der Waals surface area contributed by atoms with E-state index in [2.05, 4.69) is 10.4 Å². The van der Waals surface area contributed by atoms with Gasteiger partial charge >= 0.3 is 0 Å². The number of aromatic nitrogens is 2. The van der Waals surface area contributed by atoms with Crippen molar-refractivity contribution in [2.45, 2.75) is 33.1 Å². The van der Waals surface area contributed by atoms with E-state index in [9.17, 15) is 9.18 Å². The molecule has 0 saturated carbocycles. The van der Waals surface area contributed by atoms with Crippen LogP contribution in [-0.2, 0) is 0 Å². The first kappa shape index (κ1) is 21.4. The molecule has 1 aromatic carbocycles. The number of amides is 1. The summed E-state index contributed by atoms with van der Waals surface area (Å²) >= 11 is 0. The summed E-state index contributed by atoms with van der Waals surface area (Å²) in [7, 11) is 1.96. The van der Waals surface area contributed by atoms with Crippen LogP contribution in [0.3, 0.4) is 0 Å². The van der Waals surface area contributed by atoms with Crippen molar-refractivity contribution >= 4 is 18.3 Å². The summed E-state index contributed by atoms with van der Waals surface area (Å²) in [5.74, 6) is 0.151. The van der Waals surface area contributed by atoms with E-state index in [4.69, 9.17) is 0 Å². The van der Waals surface area contributed by atoms with Crippen molar-refractivity contribution in [1.29, 1.82) is 0 Å². The fourth-order valence-corrected chi connectivity index (χ4v) is 3.64. The van der Waals surface area contributed by atoms with Gasteiger partial charge in [0.2, 0.25) is 0 Å². The first-order chi connectivity index (χ1) is 12.5. The monoisotopic (exact) mass is 394 g/mol.